The molecule has 0 amide bonds. The second kappa shape index (κ2) is 10.5. The summed E-state index contributed by atoms with van der Waals surface area (Å²) in [7, 11) is 3.65. The Labute approximate surface area is 168 Å². The highest BCUT2D eigenvalue weighted by molar-refractivity contribution is 5.43. The highest BCUT2D eigenvalue weighted by Crippen LogP contribution is 2.29. The van der Waals surface area contributed by atoms with Gasteiger partial charge in [-0.1, -0.05) is 36.4 Å². The van der Waals surface area contributed by atoms with Gasteiger partial charge >= 0.3 is 0 Å². The van der Waals surface area contributed by atoms with E-state index < -0.39 is 6.10 Å². The molecule has 0 aromatic heterocycles. The Kier molecular flexibility index (Phi) is 7.71. The molecule has 2 aromatic rings. The fourth-order valence-corrected chi connectivity index (χ4v) is 3.69. The van der Waals surface area contributed by atoms with E-state index in [2.05, 4.69) is 28.0 Å². The quantitative estimate of drug-likeness (QED) is 0.682. The van der Waals surface area contributed by atoms with Crippen molar-refractivity contribution in [2.75, 3.05) is 40.4 Å². The molecule has 1 saturated heterocycles. The van der Waals surface area contributed by atoms with E-state index in [1.165, 1.54) is 24.0 Å². The Morgan fingerprint density at radius 3 is 2.50 bits per heavy atom. The molecule has 152 valence electrons. The lowest BCUT2D eigenvalue weighted by atomic mass is 10.2. The van der Waals surface area contributed by atoms with E-state index in [0.717, 1.165) is 26.2 Å². The molecule has 3 rings (SSSR count). The first kappa shape index (κ1) is 20.6. The monoisotopic (exact) mass is 384 g/mol. The van der Waals surface area contributed by atoms with Crippen LogP contribution in [0.2, 0.25) is 0 Å². The first-order chi connectivity index (χ1) is 13.6. The van der Waals surface area contributed by atoms with Crippen LogP contribution in [0.15, 0.2) is 48.5 Å². The van der Waals surface area contributed by atoms with Crippen LogP contribution in [0.25, 0.3) is 0 Å². The maximum absolute atomic E-state index is 10.4. The van der Waals surface area contributed by atoms with Gasteiger partial charge in [-0.2, -0.15) is 0 Å². The number of aliphatic hydroxyl groups excluding tert-OH is 1. The maximum atomic E-state index is 10.4. The molecule has 0 saturated carbocycles. The van der Waals surface area contributed by atoms with E-state index >= 15 is 0 Å². The van der Waals surface area contributed by atoms with Crippen LogP contribution < -0.4 is 9.47 Å². The Hall–Kier alpha value is -2.08. The van der Waals surface area contributed by atoms with Crippen molar-refractivity contribution in [2.45, 2.75) is 32.0 Å². The van der Waals surface area contributed by atoms with Crippen molar-refractivity contribution in [3.63, 3.8) is 0 Å². The zero-order valence-corrected chi connectivity index (χ0v) is 17.0. The van der Waals surface area contributed by atoms with Gasteiger partial charge in [-0.25, -0.2) is 0 Å². The number of aliphatic hydroxyl groups is 1. The minimum atomic E-state index is -0.569. The number of rotatable bonds is 10. The lowest BCUT2D eigenvalue weighted by molar-refractivity contribution is 0.0732. The summed E-state index contributed by atoms with van der Waals surface area (Å²) < 4.78 is 11.4. The fourth-order valence-electron chi connectivity index (χ4n) is 3.69. The number of ether oxygens (including phenoxy) is 2. The van der Waals surface area contributed by atoms with Gasteiger partial charge in [0.05, 0.1) is 7.11 Å². The topological polar surface area (TPSA) is 45.2 Å². The molecule has 0 bridgehead atoms. The predicted octanol–water partition coefficient (Wildman–Crippen LogP) is 3.16. The van der Waals surface area contributed by atoms with Gasteiger partial charge in [0, 0.05) is 19.6 Å². The van der Waals surface area contributed by atoms with Gasteiger partial charge in [0.15, 0.2) is 11.5 Å². The Morgan fingerprint density at radius 1 is 1.04 bits per heavy atom. The zero-order valence-electron chi connectivity index (χ0n) is 17.0. The van der Waals surface area contributed by atoms with Crippen LogP contribution in [0, 0.1) is 0 Å². The van der Waals surface area contributed by atoms with Gasteiger partial charge in [0.1, 0.15) is 12.7 Å². The molecule has 2 aromatic carbocycles. The zero-order chi connectivity index (χ0) is 19.8. The molecule has 1 atom stereocenters. The van der Waals surface area contributed by atoms with E-state index in [-0.39, 0.29) is 6.61 Å². The summed E-state index contributed by atoms with van der Waals surface area (Å²) in [4.78, 5) is 4.56. The molecule has 1 heterocycles. The van der Waals surface area contributed by atoms with Crippen LogP contribution in [0.1, 0.15) is 24.0 Å². The average molecular weight is 385 g/mol. The van der Waals surface area contributed by atoms with Gasteiger partial charge in [-0.3, -0.25) is 9.80 Å². The van der Waals surface area contributed by atoms with Gasteiger partial charge in [-0.05, 0) is 56.2 Å². The molecular formula is C23H32N2O3. The van der Waals surface area contributed by atoms with Gasteiger partial charge in [0.25, 0.3) is 0 Å². The molecule has 0 aliphatic carbocycles. The lowest BCUT2D eigenvalue weighted by Crippen LogP contribution is -2.32. The molecule has 0 spiro atoms. The third-order valence-electron chi connectivity index (χ3n) is 5.08. The molecule has 5 heteroatoms. The third-order valence-corrected chi connectivity index (χ3v) is 5.08. The highest BCUT2D eigenvalue weighted by atomic mass is 16.5. The number of hydrogen-bond donors (Lipinski definition) is 1. The van der Waals surface area contributed by atoms with Crippen molar-refractivity contribution in [2.24, 2.45) is 0 Å². The summed E-state index contributed by atoms with van der Waals surface area (Å²) in [6.45, 7) is 4.84. The van der Waals surface area contributed by atoms with Crippen molar-refractivity contribution in [3.05, 3.63) is 59.7 Å². The van der Waals surface area contributed by atoms with Crippen LogP contribution >= 0.6 is 0 Å². The predicted molar refractivity (Wildman–Crippen MR) is 112 cm³/mol. The molecule has 5 nitrogen and oxygen atoms in total. The minimum Gasteiger partial charge on any atom is -0.493 e. The number of likely N-dealkylation sites (N-methyl/N-ethyl adjacent to an activating group) is 1. The fraction of sp³-hybridized carbons (Fsp3) is 0.478. The Balaban J connectivity index is 1.51. The number of methoxy groups -OCH3 is 1. The summed E-state index contributed by atoms with van der Waals surface area (Å²) in [5, 5.41) is 10.4. The van der Waals surface area contributed by atoms with E-state index in [1.54, 1.807) is 7.11 Å². The number of hydrogen-bond acceptors (Lipinski definition) is 5. The van der Waals surface area contributed by atoms with Crippen LogP contribution in [0.5, 0.6) is 11.5 Å². The van der Waals surface area contributed by atoms with E-state index in [1.807, 2.05) is 37.4 Å². The Bertz CT molecular complexity index is 717. The molecule has 28 heavy (non-hydrogen) atoms. The summed E-state index contributed by atoms with van der Waals surface area (Å²) in [5.74, 6) is 1.40. The standard InChI is InChI=1S/C23H32N2O3/c1-24(15-19-8-4-3-5-9-19)17-21(26)18-28-23-14-20(10-11-22(23)27-2)16-25-12-6-7-13-25/h3-5,8-11,14,21,26H,6-7,12-13,15-18H2,1-2H3. The summed E-state index contributed by atoms with van der Waals surface area (Å²) in [5.41, 5.74) is 2.45. The van der Waals surface area contributed by atoms with Gasteiger partial charge in [0.2, 0.25) is 0 Å². The van der Waals surface area contributed by atoms with E-state index in [0.29, 0.717) is 18.0 Å². The summed E-state index contributed by atoms with van der Waals surface area (Å²) in [6.07, 6.45) is 1.99. The summed E-state index contributed by atoms with van der Waals surface area (Å²) in [6, 6.07) is 16.3. The smallest absolute Gasteiger partial charge is 0.161 e. The number of likely N-dealkylation sites (tertiary alicyclic amines) is 1. The molecular weight excluding hydrogens is 352 g/mol. The second-order valence-electron chi connectivity index (χ2n) is 7.62. The number of benzene rings is 2. The normalized spacial score (nSPS) is 15.7. The summed E-state index contributed by atoms with van der Waals surface area (Å²) >= 11 is 0. The SMILES string of the molecule is COc1ccc(CN2CCCC2)cc1OCC(O)CN(C)Cc1ccccc1. The first-order valence-electron chi connectivity index (χ1n) is 10.1. The minimum absolute atomic E-state index is 0.239. The molecule has 1 N–H and O–H groups in total. The molecule has 1 unspecified atom stereocenters. The first-order valence-corrected chi connectivity index (χ1v) is 10.1. The molecule has 1 aliphatic rings. The Morgan fingerprint density at radius 2 is 1.79 bits per heavy atom. The van der Waals surface area contributed by atoms with Crippen molar-refractivity contribution in [3.8, 4) is 11.5 Å². The van der Waals surface area contributed by atoms with Crippen molar-refractivity contribution in [1.82, 2.24) is 9.80 Å². The second-order valence-corrected chi connectivity index (χ2v) is 7.62. The van der Waals surface area contributed by atoms with Crippen LogP contribution in [0.3, 0.4) is 0 Å². The van der Waals surface area contributed by atoms with Crippen molar-refractivity contribution >= 4 is 0 Å². The maximum Gasteiger partial charge on any atom is 0.161 e. The van der Waals surface area contributed by atoms with E-state index in [4.69, 9.17) is 9.47 Å². The van der Waals surface area contributed by atoms with Gasteiger partial charge in [-0.15, -0.1) is 0 Å². The highest BCUT2D eigenvalue weighted by Gasteiger charge is 2.15. The molecule has 1 aliphatic heterocycles. The number of nitrogens with zero attached hydrogens (tertiary/aromatic N) is 2. The third kappa shape index (κ3) is 6.23. The molecule has 0 radical (unpaired) electrons. The largest absolute Gasteiger partial charge is 0.493 e. The van der Waals surface area contributed by atoms with Crippen LogP contribution in [-0.4, -0.2) is 61.4 Å². The van der Waals surface area contributed by atoms with Gasteiger partial charge < -0.3 is 14.6 Å². The van der Waals surface area contributed by atoms with Crippen molar-refractivity contribution in [1.29, 1.82) is 0 Å². The van der Waals surface area contributed by atoms with E-state index in [9.17, 15) is 5.11 Å². The molecule has 1 fully saturated rings. The van der Waals surface area contributed by atoms with Crippen LogP contribution in [0.4, 0.5) is 0 Å². The van der Waals surface area contributed by atoms with Crippen molar-refractivity contribution < 1.29 is 14.6 Å². The van der Waals surface area contributed by atoms with Crippen LogP contribution in [-0.2, 0) is 13.1 Å². The lowest BCUT2D eigenvalue weighted by Gasteiger charge is -2.22. The average Bonchev–Trinajstić information content (AvgIpc) is 3.20.